The van der Waals surface area contributed by atoms with E-state index >= 15 is 0 Å². The van der Waals surface area contributed by atoms with Gasteiger partial charge in [0.05, 0.1) is 12.8 Å². The van der Waals surface area contributed by atoms with Gasteiger partial charge in [-0.2, -0.15) is 0 Å². The van der Waals surface area contributed by atoms with E-state index in [-0.39, 0.29) is 12.3 Å². The van der Waals surface area contributed by atoms with E-state index in [0.717, 1.165) is 10.7 Å². The zero-order valence-corrected chi connectivity index (χ0v) is 7.86. The molecule has 2 aromatic rings. The highest BCUT2D eigenvalue weighted by molar-refractivity contribution is 5.33. The molecule has 0 saturated carbocycles. The lowest BCUT2D eigenvalue weighted by molar-refractivity contribution is 0.276. The highest BCUT2D eigenvalue weighted by atomic mass is 19.2. The second kappa shape index (κ2) is 3.93. The molecule has 4 nitrogen and oxygen atoms in total. The van der Waals surface area contributed by atoms with E-state index in [1.54, 1.807) is 0 Å². The number of halogens is 3. The maximum Gasteiger partial charge on any atom is 0.184 e. The maximum atomic E-state index is 13.3. The highest BCUT2D eigenvalue weighted by Crippen LogP contribution is 2.17. The summed E-state index contributed by atoms with van der Waals surface area (Å²) < 4.78 is 39.9. The minimum absolute atomic E-state index is 0.170. The molecule has 84 valence electrons. The summed E-state index contributed by atoms with van der Waals surface area (Å²) in [4.78, 5) is 0. The predicted molar refractivity (Wildman–Crippen MR) is 47.2 cm³/mol. The van der Waals surface area contributed by atoms with Gasteiger partial charge in [-0.1, -0.05) is 5.21 Å². The SMILES string of the molecule is OCc1cn(-c2cc(F)cc(F)c2F)nn1. The van der Waals surface area contributed by atoms with Crippen molar-refractivity contribution in [3.8, 4) is 5.69 Å². The van der Waals surface area contributed by atoms with Gasteiger partial charge in [-0.15, -0.1) is 5.10 Å². The lowest BCUT2D eigenvalue weighted by Gasteiger charge is -2.02. The summed E-state index contributed by atoms with van der Waals surface area (Å²) in [6.07, 6.45) is 1.18. The molecule has 0 aliphatic heterocycles. The summed E-state index contributed by atoms with van der Waals surface area (Å²) in [6.45, 7) is -0.389. The van der Waals surface area contributed by atoms with Crippen LogP contribution in [-0.2, 0) is 6.61 Å². The molecule has 1 aromatic carbocycles. The molecule has 0 spiro atoms. The zero-order valence-electron chi connectivity index (χ0n) is 7.86. The molecule has 0 atom stereocenters. The van der Waals surface area contributed by atoms with Gasteiger partial charge in [-0.3, -0.25) is 0 Å². The zero-order chi connectivity index (χ0) is 11.7. The van der Waals surface area contributed by atoms with Crippen LogP contribution in [-0.4, -0.2) is 20.1 Å². The third kappa shape index (κ3) is 1.76. The molecule has 0 saturated heterocycles. The van der Waals surface area contributed by atoms with Gasteiger partial charge >= 0.3 is 0 Å². The van der Waals surface area contributed by atoms with Crippen molar-refractivity contribution in [3.63, 3.8) is 0 Å². The number of aliphatic hydroxyl groups is 1. The Morgan fingerprint density at radius 3 is 2.62 bits per heavy atom. The Balaban J connectivity index is 2.54. The molecule has 1 aromatic heterocycles. The lowest BCUT2D eigenvalue weighted by Crippen LogP contribution is -2.02. The first-order valence-electron chi connectivity index (χ1n) is 4.29. The van der Waals surface area contributed by atoms with Gasteiger partial charge in [0, 0.05) is 12.1 Å². The first-order chi connectivity index (χ1) is 7.61. The van der Waals surface area contributed by atoms with E-state index in [1.807, 2.05) is 0 Å². The summed E-state index contributed by atoms with van der Waals surface area (Å²) >= 11 is 0. The molecule has 0 aliphatic carbocycles. The summed E-state index contributed by atoms with van der Waals surface area (Å²) in [5.41, 5.74) is -0.228. The summed E-state index contributed by atoms with van der Waals surface area (Å²) in [5.74, 6) is -3.46. The second-order valence-electron chi connectivity index (χ2n) is 3.03. The Labute approximate surface area is 87.9 Å². The van der Waals surface area contributed by atoms with Gasteiger partial charge < -0.3 is 5.11 Å². The third-order valence-electron chi connectivity index (χ3n) is 1.92. The van der Waals surface area contributed by atoms with Crippen LogP contribution in [0.2, 0.25) is 0 Å². The smallest absolute Gasteiger partial charge is 0.184 e. The van der Waals surface area contributed by atoms with Crippen molar-refractivity contribution in [3.05, 3.63) is 41.5 Å². The minimum Gasteiger partial charge on any atom is -0.390 e. The molecule has 1 heterocycles. The molecule has 1 N–H and O–H groups in total. The first kappa shape index (κ1) is 10.6. The van der Waals surface area contributed by atoms with Crippen LogP contribution in [0.4, 0.5) is 13.2 Å². The molecule has 2 rings (SSSR count). The molecule has 0 amide bonds. The number of hydrogen-bond acceptors (Lipinski definition) is 3. The summed E-state index contributed by atoms with van der Waals surface area (Å²) in [5, 5.41) is 15.6. The Hall–Kier alpha value is -1.89. The molecule has 0 bridgehead atoms. The van der Waals surface area contributed by atoms with Crippen molar-refractivity contribution in [2.45, 2.75) is 6.61 Å². The van der Waals surface area contributed by atoms with Crippen LogP contribution < -0.4 is 0 Å². The van der Waals surface area contributed by atoms with E-state index in [4.69, 9.17) is 5.11 Å². The fourth-order valence-corrected chi connectivity index (χ4v) is 1.20. The van der Waals surface area contributed by atoms with Gasteiger partial charge in [0.15, 0.2) is 11.6 Å². The van der Waals surface area contributed by atoms with Crippen molar-refractivity contribution in [1.82, 2.24) is 15.0 Å². The van der Waals surface area contributed by atoms with E-state index in [9.17, 15) is 13.2 Å². The van der Waals surface area contributed by atoms with Gasteiger partial charge in [-0.25, -0.2) is 17.9 Å². The van der Waals surface area contributed by atoms with Gasteiger partial charge in [0.1, 0.15) is 17.2 Å². The second-order valence-corrected chi connectivity index (χ2v) is 3.03. The highest BCUT2D eigenvalue weighted by Gasteiger charge is 2.14. The Kier molecular flexibility index (Phi) is 2.61. The van der Waals surface area contributed by atoms with Crippen molar-refractivity contribution >= 4 is 0 Å². The van der Waals surface area contributed by atoms with Crippen LogP contribution in [0.15, 0.2) is 18.3 Å². The predicted octanol–water partition coefficient (Wildman–Crippen LogP) is 1.18. The van der Waals surface area contributed by atoms with Crippen molar-refractivity contribution in [1.29, 1.82) is 0 Å². The number of aliphatic hydroxyl groups excluding tert-OH is 1. The van der Waals surface area contributed by atoms with E-state index in [0.29, 0.717) is 6.07 Å². The van der Waals surface area contributed by atoms with Gasteiger partial charge in [0.25, 0.3) is 0 Å². The quantitative estimate of drug-likeness (QED) is 0.786. The molecule has 0 radical (unpaired) electrons. The fraction of sp³-hybridized carbons (Fsp3) is 0.111. The first-order valence-corrected chi connectivity index (χ1v) is 4.29. The molecule has 7 heteroatoms. The molecule has 0 fully saturated rings. The largest absolute Gasteiger partial charge is 0.390 e. The van der Waals surface area contributed by atoms with Crippen LogP contribution in [0.5, 0.6) is 0 Å². The monoisotopic (exact) mass is 229 g/mol. The van der Waals surface area contributed by atoms with Crippen LogP contribution in [0.3, 0.4) is 0 Å². The van der Waals surface area contributed by atoms with Gasteiger partial charge in [0.2, 0.25) is 0 Å². The van der Waals surface area contributed by atoms with Crippen LogP contribution in [0.25, 0.3) is 5.69 Å². The minimum atomic E-state index is -1.31. The van der Waals surface area contributed by atoms with E-state index in [1.165, 1.54) is 6.20 Å². The van der Waals surface area contributed by atoms with E-state index < -0.39 is 23.1 Å². The topological polar surface area (TPSA) is 50.9 Å². The Morgan fingerprint density at radius 2 is 2.00 bits per heavy atom. The maximum absolute atomic E-state index is 13.3. The van der Waals surface area contributed by atoms with Crippen molar-refractivity contribution in [2.24, 2.45) is 0 Å². The number of aromatic nitrogens is 3. The van der Waals surface area contributed by atoms with E-state index in [2.05, 4.69) is 10.3 Å². The summed E-state index contributed by atoms with van der Waals surface area (Å²) in [7, 11) is 0. The molecule has 16 heavy (non-hydrogen) atoms. The Bertz CT molecular complexity index is 527. The number of nitrogens with zero attached hydrogens (tertiary/aromatic N) is 3. The molecular weight excluding hydrogens is 223 g/mol. The van der Waals surface area contributed by atoms with Crippen molar-refractivity contribution < 1.29 is 18.3 Å². The average molecular weight is 229 g/mol. The number of hydrogen-bond donors (Lipinski definition) is 1. The van der Waals surface area contributed by atoms with Crippen LogP contribution in [0, 0.1) is 17.5 Å². The molecule has 0 aliphatic rings. The molecule has 0 unspecified atom stereocenters. The third-order valence-corrected chi connectivity index (χ3v) is 1.92. The lowest BCUT2D eigenvalue weighted by atomic mass is 10.3. The average Bonchev–Trinajstić information content (AvgIpc) is 2.71. The van der Waals surface area contributed by atoms with Crippen LogP contribution >= 0.6 is 0 Å². The number of rotatable bonds is 2. The Morgan fingerprint density at radius 1 is 1.25 bits per heavy atom. The fourth-order valence-electron chi connectivity index (χ4n) is 1.20. The summed E-state index contributed by atoms with van der Waals surface area (Å²) in [6, 6.07) is 1.22. The number of benzene rings is 1. The van der Waals surface area contributed by atoms with Gasteiger partial charge in [-0.05, 0) is 0 Å². The normalized spacial score (nSPS) is 10.8. The standard InChI is InChI=1S/C9H6F3N3O/c10-5-1-7(11)9(12)8(2-5)15-3-6(4-16)13-14-15/h1-3,16H,4H2. The molecular formula is C9H6F3N3O. The van der Waals surface area contributed by atoms with Crippen molar-refractivity contribution in [2.75, 3.05) is 0 Å². The van der Waals surface area contributed by atoms with Crippen LogP contribution in [0.1, 0.15) is 5.69 Å².